The Hall–Kier alpha value is -0.770. The molecular weight excluding hydrogens is 282 g/mol. The van der Waals surface area contributed by atoms with Gasteiger partial charge >= 0.3 is 0 Å². The largest absolute Gasteiger partial charge is 0.367 e. The van der Waals surface area contributed by atoms with Crippen molar-refractivity contribution in [3.63, 3.8) is 0 Å². The first-order valence-corrected chi connectivity index (χ1v) is 8.22. The van der Waals surface area contributed by atoms with Crippen LogP contribution < -0.4 is 10.6 Å². The van der Waals surface area contributed by atoms with Gasteiger partial charge in [0.15, 0.2) is 0 Å². The molecule has 2 rings (SSSR count). The Labute approximate surface area is 134 Å². The first-order valence-electron chi connectivity index (χ1n) is 7.84. The molecule has 0 amide bonds. The summed E-state index contributed by atoms with van der Waals surface area (Å²) in [5, 5.41) is 0.844. The van der Waals surface area contributed by atoms with E-state index >= 15 is 0 Å². The molecule has 0 aromatic heterocycles. The number of nitrogens with two attached hydrogens (primary N) is 1. The van der Waals surface area contributed by atoms with Crippen LogP contribution in [0.5, 0.6) is 0 Å². The molecule has 4 heteroatoms. The number of hydrogen-bond acceptors (Lipinski definition) is 3. The maximum absolute atomic E-state index is 6.52. The van der Waals surface area contributed by atoms with Crippen LogP contribution in [0.4, 0.5) is 5.69 Å². The number of nitrogens with zero attached hydrogens (tertiary/aromatic N) is 2. The lowest BCUT2D eigenvalue weighted by molar-refractivity contribution is 0.139. The predicted molar refractivity (Wildman–Crippen MR) is 92.3 cm³/mol. The van der Waals surface area contributed by atoms with Gasteiger partial charge in [-0.05, 0) is 45.4 Å². The van der Waals surface area contributed by atoms with Gasteiger partial charge in [0.2, 0.25) is 0 Å². The van der Waals surface area contributed by atoms with Crippen LogP contribution in [0.2, 0.25) is 5.02 Å². The molecule has 1 heterocycles. The van der Waals surface area contributed by atoms with Crippen molar-refractivity contribution in [1.82, 2.24) is 4.90 Å². The molecule has 1 aromatic carbocycles. The highest BCUT2D eigenvalue weighted by Crippen LogP contribution is 2.34. The fraction of sp³-hybridized carbons (Fsp3) is 0.647. The van der Waals surface area contributed by atoms with Gasteiger partial charge in [0.1, 0.15) is 0 Å². The summed E-state index contributed by atoms with van der Waals surface area (Å²) in [4.78, 5) is 4.85. The fourth-order valence-electron chi connectivity index (χ4n) is 2.94. The minimum absolute atomic E-state index is 0.154. The van der Waals surface area contributed by atoms with Crippen LogP contribution in [-0.4, -0.2) is 43.2 Å². The number of rotatable bonds is 4. The zero-order valence-electron chi connectivity index (χ0n) is 13.7. The number of benzene rings is 1. The Morgan fingerprint density at radius 2 is 2.05 bits per heavy atom. The Morgan fingerprint density at radius 1 is 1.33 bits per heavy atom. The number of likely N-dealkylation sites (N-methyl/N-ethyl adjacent to an activating group) is 1. The zero-order valence-corrected chi connectivity index (χ0v) is 14.5. The van der Waals surface area contributed by atoms with Gasteiger partial charge in [-0.25, -0.2) is 0 Å². The Balaban J connectivity index is 2.30. The van der Waals surface area contributed by atoms with Crippen LogP contribution >= 0.6 is 11.6 Å². The standard InChI is InChI=1S/C17H28ClN3/c1-5-14(19)11-13-7-6-8-15(18)16(13)21-10-9-20(4)17(2,3)12-21/h6-8,14H,5,9-12,19H2,1-4H3. The molecule has 1 saturated heterocycles. The zero-order chi connectivity index (χ0) is 15.6. The van der Waals surface area contributed by atoms with Crippen molar-refractivity contribution in [2.45, 2.75) is 45.2 Å². The van der Waals surface area contributed by atoms with Gasteiger partial charge in [-0.15, -0.1) is 0 Å². The van der Waals surface area contributed by atoms with E-state index in [9.17, 15) is 0 Å². The third kappa shape index (κ3) is 3.71. The molecule has 0 bridgehead atoms. The minimum Gasteiger partial charge on any atom is -0.367 e. The highest BCUT2D eigenvalue weighted by molar-refractivity contribution is 6.33. The van der Waals surface area contributed by atoms with E-state index in [0.717, 1.165) is 37.5 Å². The van der Waals surface area contributed by atoms with Crippen LogP contribution in [0.25, 0.3) is 0 Å². The second kappa shape index (κ2) is 6.55. The van der Waals surface area contributed by atoms with E-state index in [1.807, 2.05) is 12.1 Å². The van der Waals surface area contributed by atoms with Crippen molar-refractivity contribution in [1.29, 1.82) is 0 Å². The summed E-state index contributed by atoms with van der Waals surface area (Å²) in [6.07, 6.45) is 1.87. The van der Waals surface area contributed by atoms with Gasteiger partial charge in [0.25, 0.3) is 0 Å². The predicted octanol–water partition coefficient (Wildman–Crippen LogP) is 3.15. The fourth-order valence-corrected chi connectivity index (χ4v) is 3.25. The summed E-state index contributed by atoms with van der Waals surface area (Å²) in [6.45, 7) is 9.76. The van der Waals surface area contributed by atoms with Gasteiger partial charge in [0, 0.05) is 31.2 Å². The molecule has 1 aliphatic rings. The van der Waals surface area contributed by atoms with Crippen molar-refractivity contribution in [2.75, 3.05) is 31.6 Å². The van der Waals surface area contributed by atoms with Crippen molar-refractivity contribution >= 4 is 17.3 Å². The lowest BCUT2D eigenvalue weighted by atomic mass is 9.96. The summed E-state index contributed by atoms with van der Waals surface area (Å²) < 4.78 is 0. The van der Waals surface area contributed by atoms with E-state index in [4.69, 9.17) is 17.3 Å². The lowest BCUT2D eigenvalue weighted by Gasteiger charge is -2.47. The summed E-state index contributed by atoms with van der Waals surface area (Å²) in [5.41, 5.74) is 8.77. The average Bonchev–Trinajstić information content (AvgIpc) is 2.42. The van der Waals surface area contributed by atoms with Gasteiger partial charge in [0.05, 0.1) is 10.7 Å². The van der Waals surface area contributed by atoms with Crippen LogP contribution in [0.15, 0.2) is 18.2 Å². The topological polar surface area (TPSA) is 32.5 Å². The second-order valence-electron chi connectivity index (χ2n) is 6.78. The molecule has 0 saturated carbocycles. The van der Waals surface area contributed by atoms with Crippen LogP contribution in [0.1, 0.15) is 32.8 Å². The normalized spacial score (nSPS) is 20.6. The van der Waals surface area contributed by atoms with E-state index in [0.29, 0.717) is 0 Å². The Bertz CT molecular complexity index is 487. The molecule has 2 N–H and O–H groups in total. The number of hydrogen-bond donors (Lipinski definition) is 1. The van der Waals surface area contributed by atoms with Gasteiger partial charge in [-0.3, -0.25) is 4.90 Å². The highest BCUT2D eigenvalue weighted by Gasteiger charge is 2.32. The summed E-state index contributed by atoms with van der Waals surface area (Å²) in [7, 11) is 2.19. The molecular formula is C17H28ClN3. The van der Waals surface area contributed by atoms with E-state index in [2.05, 4.69) is 43.7 Å². The maximum Gasteiger partial charge on any atom is 0.0642 e. The molecule has 3 nitrogen and oxygen atoms in total. The monoisotopic (exact) mass is 309 g/mol. The van der Waals surface area contributed by atoms with Crippen LogP contribution in [0, 0.1) is 0 Å². The quantitative estimate of drug-likeness (QED) is 0.927. The molecule has 1 atom stereocenters. The molecule has 21 heavy (non-hydrogen) atoms. The second-order valence-corrected chi connectivity index (χ2v) is 7.18. The summed E-state index contributed by atoms with van der Waals surface area (Å²) >= 11 is 6.52. The van der Waals surface area contributed by atoms with Crippen molar-refractivity contribution in [3.05, 3.63) is 28.8 Å². The Kier molecular flexibility index (Phi) is 5.18. The molecule has 0 spiro atoms. The van der Waals surface area contributed by atoms with E-state index < -0.39 is 0 Å². The molecule has 1 aromatic rings. The number of halogens is 1. The molecule has 0 radical (unpaired) electrons. The van der Waals surface area contributed by atoms with Gasteiger partial charge < -0.3 is 10.6 Å². The number of anilines is 1. The molecule has 1 fully saturated rings. The van der Waals surface area contributed by atoms with E-state index in [1.165, 1.54) is 11.3 Å². The maximum atomic E-state index is 6.52. The van der Waals surface area contributed by atoms with E-state index in [-0.39, 0.29) is 11.6 Å². The molecule has 1 unspecified atom stereocenters. The van der Waals surface area contributed by atoms with E-state index in [1.54, 1.807) is 0 Å². The number of para-hydroxylation sites is 1. The van der Waals surface area contributed by atoms with Crippen LogP contribution in [0.3, 0.4) is 0 Å². The average molecular weight is 310 g/mol. The molecule has 1 aliphatic heterocycles. The first kappa shape index (κ1) is 16.6. The highest BCUT2D eigenvalue weighted by atomic mass is 35.5. The molecule has 118 valence electrons. The lowest BCUT2D eigenvalue weighted by Crippen LogP contribution is -2.58. The van der Waals surface area contributed by atoms with Gasteiger partial charge in [-0.2, -0.15) is 0 Å². The molecule has 0 aliphatic carbocycles. The minimum atomic E-state index is 0.154. The SMILES string of the molecule is CCC(N)Cc1cccc(Cl)c1N1CCN(C)C(C)(C)C1. The van der Waals surface area contributed by atoms with Crippen molar-refractivity contribution < 1.29 is 0 Å². The third-order valence-electron chi connectivity index (χ3n) is 4.71. The van der Waals surface area contributed by atoms with Crippen molar-refractivity contribution in [2.24, 2.45) is 5.73 Å². The number of piperazine rings is 1. The van der Waals surface area contributed by atoms with Crippen molar-refractivity contribution in [3.8, 4) is 0 Å². The third-order valence-corrected chi connectivity index (χ3v) is 5.01. The summed E-state index contributed by atoms with van der Waals surface area (Å²) in [5.74, 6) is 0. The Morgan fingerprint density at radius 3 is 2.67 bits per heavy atom. The van der Waals surface area contributed by atoms with Gasteiger partial charge in [-0.1, -0.05) is 30.7 Å². The summed E-state index contributed by atoms with van der Waals surface area (Å²) in [6, 6.07) is 6.39. The first-order chi connectivity index (χ1) is 9.85. The smallest absolute Gasteiger partial charge is 0.0642 e. The van der Waals surface area contributed by atoms with Crippen LogP contribution in [-0.2, 0) is 6.42 Å².